The third-order valence-electron chi connectivity index (χ3n) is 2.84. The van der Waals surface area contributed by atoms with Crippen LogP contribution < -0.4 is 0 Å². The molecule has 2 fully saturated rings. The van der Waals surface area contributed by atoms with E-state index >= 15 is 0 Å². The highest BCUT2D eigenvalue weighted by Gasteiger charge is 2.40. The van der Waals surface area contributed by atoms with Gasteiger partial charge in [-0.1, -0.05) is 29.5 Å². The van der Waals surface area contributed by atoms with Crippen molar-refractivity contribution in [2.24, 2.45) is 5.92 Å². The number of halogens is 1. The first-order chi connectivity index (χ1) is 5.27. The molecular weight excluding hydrogens is 249 g/mol. The van der Waals surface area contributed by atoms with Gasteiger partial charge in [0.1, 0.15) is 0 Å². The lowest BCUT2D eigenvalue weighted by molar-refractivity contribution is 0.177. The molecule has 1 nitrogen and oxygen atoms in total. The van der Waals surface area contributed by atoms with Gasteiger partial charge in [-0.05, 0) is 31.7 Å². The molecule has 2 heteroatoms. The van der Waals surface area contributed by atoms with Crippen LogP contribution in [0.2, 0.25) is 0 Å². The van der Waals surface area contributed by atoms with Gasteiger partial charge >= 0.3 is 0 Å². The number of hydrogen-bond acceptors (Lipinski definition) is 1. The Labute approximate surface area is 82.7 Å². The Morgan fingerprint density at radius 2 is 2.18 bits per heavy atom. The van der Waals surface area contributed by atoms with Crippen molar-refractivity contribution in [2.75, 3.05) is 13.1 Å². The molecule has 0 radical (unpaired) electrons. The average molecular weight is 265 g/mol. The van der Waals surface area contributed by atoms with E-state index in [1.807, 2.05) is 0 Å². The van der Waals surface area contributed by atoms with E-state index < -0.39 is 0 Å². The molecule has 11 heavy (non-hydrogen) atoms. The van der Waals surface area contributed by atoms with Crippen molar-refractivity contribution in [1.29, 1.82) is 0 Å². The Morgan fingerprint density at radius 3 is 2.73 bits per heavy atom. The fourth-order valence-electron chi connectivity index (χ4n) is 2.06. The van der Waals surface area contributed by atoms with E-state index in [-0.39, 0.29) is 0 Å². The number of nitrogens with zero attached hydrogens (tertiary/aromatic N) is 1. The number of piperidine rings is 1. The topological polar surface area (TPSA) is 3.24 Å². The molecule has 0 spiro atoms. The lowest BCUT2D eigenvalue weighted by Crippen LogP contribution is -2.36. The molecule has 0 amide bonds. The molecule has 1 saturated heterocycles. The standard InChI is InChI=1S/C9H16IN/c1-7-3-2-4-11(6-7)9-5-8(9)10/h7-9H,2-6H2,1H3. The van der Waals surface area contributed by atoms with Gasteiger partial charge < -0.3 is 0 Å². The Balaban J connectivity index is 1.84. The molecule has 0 aromatic carbocycles. The van der Waals surface area contributed by atoms with Gasteiger partial charge in [0, 0.05) is 16.5 Å². The van der Waals surface area contributed by atoms with E-state index in [4.69, 9.17) is 0 Å². The SMILES string of the molecule is CC1CCCN(C2CC2I)C1. The van der Waals surface area contributed by atoms with Gasteiger partial charge in [0.15, 0.2) is 0 Å². The van der Waals surface area contributed by atoms with Gasteiger partial charge in [0.05, 0.1) is 0 Å². The average Bonchev–Trinajstić information content (AvgIpc) is 2.67. The van der Waals surface area contributed by atoms with E-state index in [1.54, 1.807) is 0 Å². The molecule has 1 heterocycles. The van der Waals surface area contributed by atoms with Crippen molar-refractivity contribution in [1.82, 2.24) is 4.90 Å². The second-order valence-corrected chi connectivity index (χ2v) is 5.66. The maximum Gasteiger partial charge on any atom is 0.0281 e. The van der Waals surface area contributed by atoms with Crippen LogP contribution in [0, 0.1) is 5.92 Å². The number of rotatable bonds is 1. The first kappa shape index (κ1) is 8.30. The molecule has 0 aromatic rings. The number of hydrogen-bond donors (Lipinski definition) is 0. The molecular formula is C9H16IN. The Morgan fingerprint density at radius 1 is 1.45 bits per heavy atom. The zero-order valence-corrected chi connectivity index (χ0v) is 9.25. The van der Waals surface area contributed by atoms with E-state index in [0.717, 1.165) is 15.9 Å². The van der Waals surface area contributed by atoms with Crippen molar-refractivity contribution in [3.8, 4) is 0 Å². The predicted molar refractivity (Wildman–Crippen MR) is 56.2 cm³/mol. The summed E-state index contributed by atoms with van der Waals surface area (Å²) < 4.78 is 0.970. The molecule has 1 saturated carbocycles. The normalized spacial score (nSPS) is 45.8. The fourth-order valence-corrected chi connectivity index (χ4v) is 3.03. The zero-order chi connectivity index (χ0) is 7.84. The van der Waals surface area contributed by atoms with Crippen LogP contribution >= 0.6 is 22.6 Å². The Hall–Kier alpha value is 0.690. The monoisotopic (exact) mass is 265 g/mol. The van der Waals surface area contributed by atoms with Crippen LogP contribution in [0.15, 0.2) is 0 Å². The molecule has 3 atom stereocenters. The summed E-state index contributed by atoms with van der Waals surface area (Å²) in [4.78, 5) is 2.70. The van der Waals surface area contributed by atoms with Gasteiger partial charge in [-0.15, -0.1) is 0 Å². The summed E-state index contributed by atoms with van der Waals surface area (Å²) in [6, 6.07) is 0.957. The number of likely N-dealkylation sites (tertiary alicyclic amines) is 1. The van der Waals surface area contributed by atoms with E-state index in [1.165, 1.54) is 32.4 Å². The Bertz CT molecular complexity index is 148. The summed E-state index contributed by atoms with van der Waals surface area (Å²) >= 11 is 2.58. The molecule has 1 aliphatic carbocycles. The highest BCUT2D eigenvalue weighted by molar-refractivity contribution is 14.1. The van der Waals surface area contributed by atoms with Gasteiger partial charge in [0.2, 0.25) is 0 Å². The fraction of sp³-hybridized carbons (Fsp3) is 1.00. The summed E-state index contributed by atoms with van der Waals surface area (Å²) in [5, 5.41) is 0. The molecule has 3 unspecified atom stereocenters. The minimum Gasteiger partial charge on any atom is -0.299 e. The van der Waals surface area contributed by atoms with Gasteiger partial charge in [0.25, 0.3) is 0 Å². The van der Waals surface area contributed by atoms with Crippen LogP contribution in [0.4, 0.5) is 0 Å². The minimum absolute atomic E-state index is 0.952. The predicted octanol–water partition coefficient (Wildman–Crippen LogP) is 2.29. The molecule has 2 rings (SSSR count). The lowest BCUT2D eigenvalue weighted by atomic mass is 10.0. The van der Waals surface area contributed by atoms with Crippen LogP contribution in [0.3, 0.4) is 0 Å². The first-order valence-electron chi connectivity index (χ1n) is 4.65. The summed E-state index contributed by atoms with van der Waals surface area (Å²) in [6.45, 7) is 5.12. The van der Waals surface area contributed by atoms with Crippen LogP contribution in [0.5, 0.6) is 0 Å². The number of alkyl halides is 1. The summed E-state index contributed by atoms with van der Waals surface area (Å²) in [5.41, 5.74) is 0. The summed E-state index contributed by atoms with van der Waals surface area (Å²) in [7, 11) is 0. The Kier molecular flexibility index (Phi) is 2.42. The van der Waals surface area contributed by atoms with Crippen molar-refractivity contribution in [3.05, 3.63) is 0 Å². The molecule has 0 aromatic heterocycles. The second-order valence-electron chi connectivity index (χ2n) is 4.06. The molecule has 2 aliphatic rings. The van der Waals surface area contributed by atoms with E-state index in [9.17, 15) is 0 Å². The second kappa shape index (κ2) is 3.21. The van der Waals surface area contributed by atoms with Crippen LogP contribution in [0.25, 0.3) is 0 Å². The third-order valence-corrected chi connectivity index (χ3v) is 4.18. The van der Waals surface area contributed by atoms with Crippen molar-refractivity contribution in [3.63, 3.8) is 0 Å². The maximum atomic E-state index is 2.70. The van der Waals surface area contributed by atoms with E-state index in [2.05, 4.69) is 34.4 Å². The van der Waals surface area contributed by atoms with E-state index in [0.29, 0.717) is 0 Å². The molecule has 0 N–H and O–H groups in total. The van der Waals surface area contributed by atoms with Crippen LogP contribution in [-0.2, 0) is 0 Å². The third kappa shape index (κ3) is 1.89. The zero-order valence-electron chi connectivity index (χ0n) is 7.09. The molecule has 0 bridgehead atoms. The van der Waals surface area contributed by atoms with Gasteiger partial charge in [-0.25, -0.2) is 0 Å². The van der Waals surface area contributed by atoms with Gasteiger partial charge in [-0.3, -0.25) is 4.90 Å². The van der Waals surface area contributed by atoms with Crippen molar-refractivity contribution in [2.45, 2.75) is 36.2 Å². The quantitative estimate of drug-likeness (QED) is 0.519. The molecule has 1 aliphatic heterocycles. The first-order valence-corrected chi connectivity index (χ1v) is 5.90. The van der Waals surface area contributed by atoms with Crippen LogP contribution in [0.1, 0.15) is 26.2 Å². The lowest BCUT2D eigenvalue weighted by Gasteiger charge is -2.30. The highest BCUT2D eigenvalue weighted by Crippen LogP contribution is 2.37. The van der Waals surface area contributed by atoms with Crippen molar-refractivity contribution < 1.29 is 0 Å². The summed E-state index contributed by atoms with van der Waals surface area (Å²) in [5.74, 6) is 0.952. The van der Waals surface area contributed by atoms with Gasteiger partial charge in [-0.2, -0.15) is 0 Å². The van der Waals surface area contributed by atoms with Crippen molar-refractivity contribution >= 4 is 22.6 Å². The smallest absolute Gasteiger partial charge is 0.0281 e. The largest absolute Gasteiger partial charge is 0.299 e. The molecule has 64 valence electrons. The summed E-state index contributed by atoms with van der Waals surface area (Å²) in [6.07, 6.45) is 4.34. The van der Waals surface area contributed by atoms with Crippen LogP contribution in [-0.4, -0.2) is 28.0 Å². The highest BCUT2D eigenvalue weighted by atomic mass is 127. The maximum absolute atomic E-state index is 2.70. The minimum atomic E-state index is 0.952.